The van der Waals surface area contributed by atoms with Crippen molar-refractivity contribution in [2.24, 2.45) is 0 Å². The summed E-state index contributed by atoms with van der Waals surface area (Å²) in [5.74, 6) is -0.767. The van der Waals surface area contributed by atoms with Crippen LogP contribution in [0.5, 0.6) is 0 Å². The number of nitrogens with one attached hydrogen (secondary N) is 1. The van der Waals surface area contributed by atoms with Crippen LogP contribution in [0.25, 0.3) is 0 Å². The Hall–Kier alpha value is -1.63. The van der Waals surface area contributed by atoms with E-state index in [2.05, 4.69) is 10.2 Å². The van der Waals surface area contributed by atoms with E-state index in [1.54, 1.807) is 4.90 Å². The number of rotatable bonds is 6. The van der Waals surface area contributed by atoms with E-state index in [0.29, 0.717) is 26.2 Å². The first-order valence-corrected chi connectivity index (χ1v) is 8.57. The van der Waals surface area contributed by atoms with Gasteiger partial charge in [-0.3, -0.25) is 19.3 Å². The lowest BCUT2D eigenvalue weighted by Gasteiger charge is -2.36. The smallest absolute Gasteiger partial charge is 0.308 e. The summed E-state index contributed by atoms with van der Waals surface area (Å²) in [5, 5.41) is 2.73. The van der Waals surface area contributed by atoms with Crippen molar-refractivity contribution < 1.29 is 19.1 Å². The van der Waals surface area contributed by atoms with Crippen molar-refractivity contribution in [1.29, 1.82) is 0 Å². The Labute approximate surface area is 137 Å². The van der Waals surface area contributed by atoms with Crippen LogP contribution < -0.4 is 5.32 Å². The molecule has 1 atom stereocenters. The lowest BCUT2D eigenvalue weighted by atomic mass is 10.1. The highest BCUT2D eigenvalue weighted by Gasteiger charge is 2.35. The molecule has 0 aromatic heterocycles. The van der Waals surface area contributed by atoms with E-state index in [4.69, 9.17) is 4.74 Å². The summed E-state index contributed by atoms with van der Waals surface area (Å²) in [4.78, 5) is 40.1. The summed E-state index contributed by atoms with van der Waals surface area (Å²) in [5.41, 5.74) is 0. The molecule has 2 saturated heterocycles. The van der Waals surface area contributed by atoms with Crippen LogP contribution in [0.3, 0.4) is 0 Å². The molecule has 0 saturated carbocycles. The topological polar surface area (TPSA) is 79.0 Å². The van der Waals surface area contributed by atoms with Crippen molar-refractivity contribution in [2.45, 2.75) is 45.1 Å². The zero-order chi connectivity index (χ0) is 16.7. The fourth-order valence-corrected chi connectivity index (χ4v) is 3.05. The third kappa shape index (κ3) is 5.20. The van der Waals surface area contributed by atoms with Crippen LogP contribution in [0.2, 0.25) is 0 Å². The number of esters is 1. The fraction of sp³-hybridized carbons (Fsp3) is 0.812. The first kappa shape index (κ1) is 17.7. The Kier molecular flexibility index (Phi) is 6.83. The molecule has 1 unspecified atom stereocenters. The number of amides is 2. The molecule has 1 N–H and O–H groups in total. The molecule has 2 fully saturated rings. The van der Waals surface area contributed by atoms with Crippen LogP contribution >= 0.6 is 0 Å². The Morgan fingerprint density at radius 3 is 2.65 bits per heavy atom. The number of likely N-dealkylation sites (tertiary alicyclic amines) is 1. The first-order valence-electron chi connectivity index (χ1n) is 8.57. The number of piperazine rings is 1. The summed E-state index contributed by atoms with van der Waals surface area (Å²) in [6.07, 6.45) is 4.10. The van der Waals surface area contributed by atoms with Gasteiger partial charge in [-0.05, 0) is 32.4 Å². The summed E-state index contributed by atoms with van der Waals surface area (Å²) in [6, 6.07) is -0.745. The van der Waals surface area contributed by atoms with Crippen LogP contribution in [0.1, 0.15) is 39.0 Å². The second-order valence-electron chi connectivity index (χ2n) is 6.16. The highest BCUT2D eigenvalue weighted by Crippen LogP contribution is 2.13. The number of hydrogen-bond acceptors (Lipinski definition) is 5. The van der Waals surface area contributed by atoms with Gasteiger partial charge in [0.1, 0.15) is 6.04 Å². The first-order chi connectivity index (χ1) is 11.1. The van der Waals surface area contributed by atoms with Gasteiger partial charge in [0, 0.05) is 13.1 Å². The van der Waals surface area contributed by atoms with Gasteiger partial charge >= 0.3 is 5.97 Å². The number of hydrogen-bond donors (Lipinski definition) is 1. The van der Waals surface area contributed by atoms with E-state index in [1.807, 2.05) is 6.92 Å². The van der Waals surface area contributed by atoms with Gasteiger partial charge in [-0.15, -0.1) is 0 Å². The van der Waals surface area contributed by atoms with E-state index >= 15 is 0 Å². The van der Waals surface area contributed by atoms with Gasteiger partial charge in [0.25, 0.3) is 0 Å². The molecule has 7 nitrogen and oxygen atoms in total. The molecule has 2 heterocycles. The summed E-state index contributed by atoms with van der Waals surface area (Å²) >= 11 is 0. The summed E-state index contributed by atoms with van der Waals surface area (Å²) in [6.45, 7) is 5.32. The number of ether oxygens (including phenoxy) is 1. The molecule has 0 bridgehead atoms. The Balaban J connectivity index is 1.93. The number of carbonyl (C=O) groups is 3. The highest BCUT2D eigenvalue weighted by atomic mass is 16.5. The molecular formula is C16H27N3O4. The maximum absolute atomic E-state index is 12.6. The van der Waals surface area contributed by atoms with Crippen LogP contribution in [0, 0.1) is 0 Å². The van der Waals surface area contributed by atoms with Crippen molar-refractivity contribution in [1.82, 2.24) is 15.1 Å². The minimum absolute atomic E-state index is 0.0719. The molecular weight excluding hydrogens is 298 g/mol. The molecule has 0 aromatic rings. The minimum Gasteiger partial charge on any atom is -0.466 e. The van der Waals surface area contributed by atoms with Gasteiger partial charge < -0.3 is 15.0 Å². The van der Waals surface area contributed by atoms with Crippen molar-refractivity contribution in [3.63, 3.8) is 0 Å². The quantitative estimate of drug-likeness (QED) is 0.703. The maximum atomic E-state index is 12.6. The Bertz CT molecular complexity index is 435. The van der Waals surface area contributed by atoms with Crippen molar-refractivity contribution in [3.8, 4) is 0 Å². The highest BCUT2D eigenvalue weighted by molar-refractivity contribution is 5.92. The molecule has 2 aliphatic rings. The maximum Gasteiger partial charge on any atom is 0.308 e. The Morgan fingerprint density at radius 2 is 1.96 bits per heavy atom. The molecule has 2 rings (SSSR count). The molecule has 0 spiro atoms. The average molecular weight is 325 g/mol. The van der Waals surface area contributed by atoms with Crippen LogP contribution in [-0.4, -0.2) is 73.0 Å². The average Bonchev–Trinajstić information content (AvgIpc) is 2.55. The number of carbonyl (C=O) groups excluding carboxylic acids is 3. The third-order valence-electron chi connectivity index (χ3n) is 4.29. The lowest BCUT2D eigenvalue weighted by Crippen LogP contribution is -2.59. The third-order valence-corrected chi connectivity index (χ3v) is 4.29. The number of nitrogens with zero attached hydrogens (tertiary/aromatic N) is 2. The molecule has 0 aliphatic carbocycles. The molecule has 7 heteroatoms. The van der Waals surface area contributed by atoms with Gasteiger partial charge in [-0.25, -0.2) is 0 Å². The van der Waals surface area contributed by atoms with Crippen molar-refractivity contribution >= 4 is 17.8 Å². The molecule has 130 valence electrons. The minimum atomic E-state index is -0.745. The van der Waals surface area contributed by atoms with Crippen molar-refractivity contribution in [3.05, 3.63) is 0 Å². The predicted octanol–water partition coefficient (Wildman–Crippen LogP) is 0.143. The van der Waals surface area contributed by atoms with Crippen LogP contribution in [0.4, 0.5) is 0 Å². The molecule has 2 aliphatic heterocycles. The molecule has 2 amide bonds. The SMILES string of the molecule is CCCOC(=O)CC1C(=O)NCCN1C(=O)CN1CCCCC1. The lowest BCUT2D eigenvalue weighted by molar-refractivity contribution is -0.152. The molecule has 0 aromatic carbocycles. The molecule has 23 heavy (non-hydrogen) atoms. The largest absolute Gasteiger partial charge is 0.466 e. The second-order valence-corrected chi connectivity index (χ2v) is 6.16. The van der Waals surface area contributed by atoms with Crippen LogP contribution in [-0.2, 0) is 19.1 Å². The van der Waals surface area contributed by atoms with Crippen LogP contribution in [0.15, 0.2) is 0 Å². The van der Waals surface area contributed by atoms with Gasteiger partial charge in [0.15, 0.2) is 0 Å². The Morgan fingerprint density at radius 1 is 1.22 bits per heavy atom. The van der Waals surface area contributed by atoms with Crippen molar-refractivity contribution in [2.75, 3.05) is 39.3 Å². The van der Waals surface area contributed by atoms with E-state index in [-0.39, 0.29) is 18.2 Å². The van der Waals surface area contributed by atoms with E-state index in [0.717, 1.165) is 32.4 Å². The zero-order valence-corrected chi connectivity index (χ0v) is 13.9. The van der Waals surface area contributed by atoms with E-state index in [9.17, 15) is 14.4 Å². The summed E-state index contributed by atoms with van der Waals surface area (Å²) in [7, 11) is 0. The number of piperidine rings is 1. The van der Waals surface area contributed by atoms with Gasteiger partial charge in [-0.2, -0.15) is 0 Å². The van der Waals surface area contributed by atoms with Gasteiger partial charge in [0.2, 0.25) is 11.8 Å². The predicted molar refractivity (Wildman–Crippen MR) is 84.7 cm³/mol. The monoisotopic (exact) mass is 325 g/mol. The second kappa shape index (κ2) is 8.86. The van der Waals surface area contributed by atoms with E-state index in [1.165, 1.54) is 6.42 Å². The standard InChI is InChI=1S/C16H27N3O4/c1-2-10-23-15(21)11-13-16(22)17-6-9-19(13)14(20)12-18-7-4-3-5-8-18/h13H,2-12H2,1H3,(H,17,22). The normalized spacial score (nSPS) is 22.6. The van der Waals surface area contributed by atoms with E-state index < -0.39 is 12.0 Å². The van der Waals surface area contributed by atoms with Gasteiger partial charge in [-0.1, -0.05) is 13.3 Å². The fourth-order valence-electron chi connectivity index (χ4n) is 3.05. The summed E-state index contributed by atoms with van der Waals surface area (Å²) < 4.78 is 5.05. The zero-order valence-electron chi connectivity index (χ0n) is 13.9. The van der Waals surface area contributed by atoms with Gasteiger partial charge in [0.05, 0.1) is 19.6 Å². The molecule has 0 radical (unpaired) electrons.